The molecule has 0 amide bonds. The van der Waals surface area contributed by atoms with Gasteiger partial charge in [-0.2, -0.15) is 4.39 Å². The molecule has 0 bridgehead atoms. The summed E-state index contributed by atoms with van der Waals surface area (Å²) in [7, 11) is 0. The number of aromatic nitrogens is 1. The lowest BCUT2D eigenvalue weighted by Gasteiger charge is -2.07. The lowest BCUT2D eigenvalue weighted by atomic mass is 10.1. The first-order valence-electron chi connectivity index (χ1n) is 3.58. The van der Waals surface area contributed by atoms with E-state index in [0.29, 0.717) is 6.20 Å². The zero-order chi connectivity index (χ0) is 10.7. The van der Waals surface area contributed by atoms with E-state index in [0.717, 1.165) is 0 Å². The van der Waals surface area contributed by atoms with E-state index in [4.69, 9.17) is 11.6 Å². The van der Waals surface area contributed by atoms with Crippen molar-refractivity contribution in [3.05, 3.63) is 28.8 Å². The van der Waals surface area contributed by atoms with Gasteiger partial charge in [-0.15, -0.1) is 11.6 Å². The molecule has 76 valence electrons. The quantitative estimate of drug-likeness (QED) is 0.448. The van der Waals surface area contributed by atoms with Gasteiger partial charge in [0.05, 0.1) is 5.56 Å². The number of nitrogens with zero attached hydrogens (tertiary/aromatic N) is 1. The van der Waals surface area contributed by atoms with Crippen molar-refractivity contribution in [2.45, 2.75) is 12.3 Å². The Balaban J connectivity index is 3.40. The van der Waals surface area contributed by atoms with Crippen LogP contribution in [0.5, 0.6) is 0 Å². The summed E-state index contributed by atoms with van der Waals surface area (Å²) in [5, 5.41) is 0. The molecule has 1 rings (SSSR count). The van der Waals surface area contributed by atoms with Crippen LogP contribution in [0.2, 0.25) is 0 Å². The molecule has 14 heavy (non-hydrogen) atoms. The highest BCUT2D eigenvalue weighted by Crippen LogP contribution is 2.26. The lowest BCUT2D eigenvalue weighted by Crippen LogP contribution is -2.03. The minimum absolute atomic E-state index is 0.131. The molecule has 0 aliphatic rings. The number of aldehydes is 1. The molecule has 1 aromatic rings. The molecule has 0 atom stereocenters. The molecule has 0 fully saturated rings. The van der Waals surface area contributed by atoms with Crippen LogP contribution >= 0.6 is 11.6 Å². The summed E-state index contributed by atoms with van der Waals surface area (Å²) in [6, 6.07) is 0. The number of rotatable bonds is 3. The molecule has 6 heteroatoms. The van der Waals surface area contributed by atoms with E-state index in [1.165, 1.54) is 0 Å². The summed E-state index contributed by atoms with van der Waals surface area (Å²) in [5.41, 5.74) is -1.22. The number of hydrogen-bond acceptors (Lipinski definition) is 2. The summed E-state index contributed by atoms with van der Waals surface area (Å²) in [6.07, 6.45) is -2.01. The van der Waals surface area contributed by atoms with Crippen LogP contribution in [0.4, 0.5) is 13.2 Å². The van der Waals surface area contributed by atoms with Gasteiger partial charge in [0.15, 0.2) is 6.29 Å². The first-order valence-corrected chi connectivity index (χ1v) is 4.11. The molecule has 0 unspecified atom stereocenters. The Morgan fingerprint density at radius 2 is 2.21 bits per heavy atom. The van der Waals surface area contributed by atoms with Crippen LogP contribution in [-0.2, 0) is 5.88 Å². The molecule has 0 aliphatic heterocycles. The summed E-state index contributed by atoms with van der Waals surface area (Å²) >= 11 is 5.35. The summed E-state index contributed by atoms with van der Waals surface area (Å²) in [6.45, 7) is 0. The highest BCUT2D eigenvalue weighted by atomic mass is 35.5. The fourth-order valence-corrected chi connectivity index (χ4v) is 1.31. The maximum Gasteiger partial charge on any atom is 0.265 e. The Morgan fingerprint density at radius 3 is 2.64 bits per heavy atom. The van der Waals surface area contributed by atoms with Gasteiger partial charge in [0.2, 0.25) is 5.95 Å². The Morgan fingerprint density at radius 1 is 1.57 bits per heavy atom. The fraction of sp³-hybridized carbons (Fsp3) is 0.250. The molecule has 2 nitrogen and oxygen atoms in total. The second-order valence-corrected chi connectivity index (χ2v) is 2.72. The molecule has 0 saturated heterocycles. The molecular weight excluding hydrogens is 219 g/mol. The van der Waals surface area contributed by atoms with E-state index in [1.54, 1.807) is 0 Å². The SMILES string of the molecule is O=Cc1c(F)ncc(C(F)F)c1CCl. The molecule has 0 aromatic carbocycles. The van der Waals surface area contributed by atoms with Gasteiger partial charge in [-0.05, 0) is 5.56 Å². The molecule has 1 heterocycles. The van der Waals surface area contributed by atoms with E-state index in [2.05, 4.69) is 4.98 Å². The van der Waals surface area contributed by atoms with Gasteiger partial charge in [-0.1, -0.05) is 0 Å². The minimum Gasteiger partial charge on any atom is -0.298 e. The average Bonchev–Trinajstić information content (AvgIpc) is 2.16. The first kappa shape index (κ1) is 11.0. The Kier molecular flexibility index (Phi) is 3.46. The van der Waals surface area contributed by atoms with Gasteiger partial charge in [0.1, 0.15) is 0 Å². The zero-order valence-corrected chi connectivity index (χ0v) is 7.56. The third kappa shape index (κ3) is 1.87. The van der Waals surface area contributed by atoms with Crippen LogP contribution in [0.1, 0.15) is 27.9 Å². The number of carbonyl (C=O) groups is 1. The summed E-state index contributed by atoms with van der Waals surface area (Å²) < 4.78 is 37.5. The van der Waals surface area contributed by atoms with E-state index < -0.39 is 23.5 Å². The van der Waals surface area contributed by atoms with Gasteiger partial charge in [-0.25, -0.2) is 13.8 Å². The lowest BCUT2D eigenvalue weighted by molar-refractivity contribution is 0.111. The normalized spacial score (nSPS) is 10.6. The van der Waals surface area contributed by atoms with Crippen molar-refractivity contribution in [2.24, 2.45) is 0 Å². The average molecular weight is 224 g/mol. The van der Waals surface area contributed by atoms with Gasteiger partial charge in [-0.3, -0.25) is 4.79 Å². The number of alkyl halides is 3. The smallest absolute Gasteiger partial charge is 0.265 e. The van der Waals surface area contributed by atoms with Crippen molar-refractivity contribution in [2.75, 3.05) is 0 Å². The number of halogens is 4. The van der Waals surface area contributed by atoms with Crippen molar-refractivity contribution in [3.63, 3.8) is 0 Å². The van der Waals surface area contributed by atoms with Crippen LogP contribution in [0.15, 0.2) is 6.20 Å². The Labute approximate surface area is 82.7 Å². The molecule has 0 spiro atoms. The summed E-state index contributed by atoms with van der Waals surface area (Å²) in [5.74, 6) is -1.44. The van der Waals surface area contributed by atoms with Crippen LogP contribution in [-0.4, -0.2) is 11.3 Å². The molecule has 0 aliphatic carbocycles. The molecular formula is C8H5ClF3NO. The standard InChI is InChI=1S/C8H5ClF3NO/c9-1-4-5(7(10)11)2-13-8(12)6(4)3-14/h2-3,7H,1H2. The van der Waals surface area contributed by atoms with Crippen molar-refractivity contribution in [3.8, 4) is 0 Å². The van der Waals surface area contributed by atoms with E-state index in [1.807, 2.05) is 0 Å². The van der Waals surface area contributed by atoms with E-state index in [-0.39, 0.29) is 17.7 Å². The zero-order valence-electron chi connectivity index (χ0n) is 6.81. The number of carbonyl (C=O) groups excluding carboxylic acids is 1. The fourth-order valence-electron chi connectivity index (χ4n) is 1.01. The van der Waals surface area contributed by atoms with E-state index in [9.17, 15) is 18.0 Å². The number of hydrogen-bond donors (Lipinski definition) is 0. The van der Waals surface area contributed by atoms with Crippen LogP contribution in [0.3, 0.4) is 0 Å². The van der Waals surface area contributed by atoms with Crippen molar-refractivity contribution >= 4 is 17.9 Å². The maximum atomic E-state index is 12.8. The minimum atomic E-state index is -2.82. The summed E-state index contributed by atoms with van der Waals surface area (Å²) in [4.78, 5) is 13.4. The Bertz CT molecular complexity index is 357. The molecule has 0 N–H and O–H groups in total. The van der Waals surface area contributed by atoms with Crippen LogP contribution in [0.25, 0.3) is 0 Å². The molecule has 0 radical (unpaired) electrons. The maximum absolute atomic E-state index is 12.8. The van der Waals surface area contributed by atoms with Crippen LogP contribution < -0.4 is 0 Å². The number of pyridine rings is 1. The molecule has 1 aromatic heterocycles. The van der Waals surface area contributed by atoms with Crippen molar-refractivity contribution < 1.29 is 18.0 Å². The van der Waals surface area contributed by atoms with Gasteiger partial charge in [0.25, 0.3) is 6.43 Å². The predicted octanol–water partition coefficient (Wildman–Crippen LogP) is 2.71. The van der Waals surface area contributed by atoms with Gasteiger partial charge < -0.3 is 0 Å². The topological polar surface area (TPSA) is 30.0 Å². The second-order valence-electron chi connectivity index (χ2n) is 2.45. The monoisotopic (exact) mass is 223 g/mol. The third-order valence-corrected chi connectivity index (χ3v) is 1.97. The second kappa shape index (κ2) is 4.41. The van der Waals surface area contributed by atoms with Crippen LogP contribution in [0, 0.1) is 5.95 Å². The van der Waals surface area contributed by atoms with Gasteiger partial charge in [0, 0.05) is 17.6 Å². The van der Waals surface area contributed by atoms with Crippen molar-refractivity contribution in [1.29, 1.82) is 0 Å². The largest absolute Gasteiger partial charge is 0.298 e. The van der Waals surface area contributed by atoms with Crippen molar-refractivity contribution in [1.82, 2.24) is 4.98 Å². The Hall–Kier alpha value is -1.10. The first-order chi connectivity index (χ1) is 6.61. The molecule has 0 saturated carbocycles. The van der Waals surface area contributed by atoms with E-state index >= 15 is 0 Å². The van der Waals surface area contributed by atoms with Gasteiger partial charge >= 0.3 is 0 Å². The predicted molar refractivity (Wildman–Crippen MR) is 44.1 cm³/mol. The highest BCUT2D eigenvalue weighted by molar-refractivity contribution is 6.17. The third-order valence-electron chi connectivity index (χ3n) is 1.70. The highest BCUT2D eigenvalue weighted by Gasteiger charge is 2.19.